The first-order valence-corrected chi connectivity index (χ1v) is 5.18. The Morgan fingerprint density at radius 1 is 1.80 bits per heavy atom. The van der Waals surface area contributed by atoms with Crippen LogP contribution in [0.1, 0.15) is 26.2 Å². The number of carbonyl (C=O) groups is 1. The minimum Gasteiger partial charge on any atom is -0.480 e. The van der Waals surface area contributed by atoms with Crippen LogP contribution in [0.3, 0.4) is 0 Å². The van der Waals surface area contributed by atoms with Gasteiger partial charge in [-0.1, -0.05) is 30.6 Å². The molecule has 2 nitrogen and oxygen atoms in total. The summed E-state index contributed by atoms with van der Waals surface area (Å²) in [5.74, 6) is -0.756. The molecule has 0 bridgehead atoms. The van der Waals surface area contributed by atoms with Gasteiger partial charge in [0.1, 0.15) is 5.25 Å². The van der Waals surface area contributed by atoms with Gasteiger partial charge in [0.2, 0.25) is 0 Å². The monoisotopic (exact) mass is 180 g/mol. The van der Waals surface area contributed by atoms with Crippen LogP contribution in [0.2, 0.25) is 0 Å². The first kappa shape index (κ1) is 10.2. The van der Waals surface area contributed by atoms with Crippen LogP contribution in [0.5, 0.6) is 0 Å². The summed E-state index contributed by atoms with van der Waals surface area (Å²) in [5, 5.41) is 8.20. The number of carboxylic acids is 1. The van der Waals surface area contributed by atoms with Gasteiger partial charge >= 0.3 is 5.97 Å². The SMILES string of the molecule is CCCCC(SS)C(=O)O. The van der Waals surface area contributed by atoms with Gasteiger partial charge in [-0.05, 0) is 6.42 Å². The fourth-order valence-electron chi connectivity index (χ4n) is 0.611. The van der Waals surface area contributed by atoms with E-state index < -0.39 is 5.97 Å². The van der Waals surface area contributed by atoms with Crippen LogP contribution in [0.4, 0.5) is 0 Å². The second-order valence-electron chi connectivity index (χ2n) is 2.07. The quantitative estimate of drug-likeness (QED) is 0.503. The van der Waals surface area contributed by atoms with Crippen molar-refractivity contribution in [3.05, 3.63) is 0 Å². The largest absolute Gasteiger partial charge is 0.480 e. The summed E-state index contributed by atoms with van der Waals surface area (Å²) < 4.78 is 0. The first-order valence-electron chi connectivity index (χ1n) is 3.25. The number of carboxylic acid groups (broad SMARTS) is 1. The Kier molecular flexibility index (Phi) is 6.02. The zero-order chi connectivity index (χ0) is 7.98. The predicted molar refractivity (Wildman–Crippen MR) is 47.5 cm³/mol. The van der Waals surface area contributed by atoms with Crippen LogP contribution in [0.25, 0.3) is 0 Å². The Balaban J connectivity index is 3.50. The fourth-order valence-corrected chi connectivity index (χ4v) is 1.56. The molecule has 0 amide bonds. The maximum Gasteiger partial charge on any atom is 0.317 e. The summed E-state index contributed by atoms with van der Waals surface area (Å²) in [6.45, 7) is 2.04. The van der Waals surface area contributed by atoms with E-state index in [1.54, 1.807) is 0 Å². The number of hydrogen-bond acceptors (Lipinski definition) is 3. The van der Waals surface area contributed by atoms with Crippen molar-refractivity contribution >= 4 is 28.4 Å². The van der Waals surface area contributed by atoms with Crippen LogP contribution < -0.4 is 0 Å². The van der Waals surface area contributed by atoms with Crippen LogP contribution in [-0.4, -0.2) is 16.3 Å². The zero-order valence-corrected chi connectivity index (χ0v) is 7.62. The Bertz CT molecular complexity index is 106. The standard InChI is InChI=1S/C6H12O2S2/c1-2-3-4-5(10-9)6(7)8/h5,9H,2-4H2,1H3,(H,7,8). The lowest BCUT2D eigenvalue weighted by molar-refractivity contribution is -0.136. The Labute approximate surface area is 70.2 Å². The number of thiol groups is 1. The average Bonchev–Trinajstić information content (AvgIpc) is 1.89. The third-order valence-electron chi connectivity index (χ3n) is 1.22. The molecule has 0 aromatic rings. The molecule has 0 saturated heterocycles. The molecule has 0 aromatic heterocycles. The van der Waals surface area contributed by atoms with E-state index in [2.05, 4.69) is 11.7 Å². The summed E-state index contributed by atoms with van der Waals surface area (Å²) in [5.41, 5.74) is 0. The van der Waals surface area contributed by atoms with Crippen LogP contribution in [0, 0.1) is 0 Å². The van der Waals surface area contributed by atoms with E-state index in [1.807, 2.05) is 6.92 Å². The number of hydrogen-bond donors (Lipinski definition) is 2. The summed E-state index contributed by atoms with van der Waals surface area (Å²) in [7, 11) is 1.11. The topological polar surface area (TPSA) is 37.3 Å². The third-order valence-corrected chi connectivity index (χ3v) is 2.68. The molecule has 0 saturated carbocycles. The molecule has 4 heteroatoms. The number of unbranched alkanes of at least 4 members (excludes halogenated alkanes) is 1. The van der Waals surface area contributed by atoms with Gasteiger partial charge in [-0.3, -0.25) is 4.79 Å². The predicted octanol–water partition coefficient (Wildman–Crippen LogP) is 2.21. The third kappa shape index (κ3) is 4.06. The lowest BCUT2D eigenvalue weighted by Gasteiger charge is -2.05. The van der Waals surface area contributed by atoms with Crippen LogP contribution >= 0.6 is 22.5 Å². The lowest BCUT2D eigenvalue weighted by atomic mass is 10.2. The highest BCUT2D eigenvalue weighted by Crippen LogP contribution is 2.20. The Morgan fingerprint density at radius 3 is 2.70 bits per heavy atom. The number of aliphatic carboxylic acids is 1. The summed E-state index contributed by atoms with van der Waals surface area (Å²) in [4.78, 5) is 10.4. The second kappa shape index (κ2) is 5.92. The second-order valence-corrected chi connectivity index (χ2v) is 3.49. The first-order chi connectivity index (χ1) is 4.72. The molecule has 0 rings (SSSR count). The van der Waals surface area contributed by atoms with Gasteiger partial charge < -0.3 is 5.11 Å². The molecule has 1 N–H and O–H groups in total. The minimum atomic E-state index is -0.756. The molecule has 0 aliphatic rings. The Hall–Kier alpha value is 0.170. The van der Waals surface area contributed by atoms with Crippen molar-refractivity contribution in [3.63, 3.8) is 0 Å². The normalized spacial score (nSPS) is 13.0. The maximum atomic E-state index is 10.4. The summed E-state index contributed by atoms with van der Waals surface area (Å²) in [6.07, 6.45) is 2.72. The molecule has 10 heavy (non-hydrogen) atoms. The average molecular weight is 180 g/mol. The molecular weight excluding hydrogens is 168 g/mol. The molecule has 0 heterocycles. The van der Waals surface area contributed by atoms with Crippen molar-refractivity contribution in [2.75, 3.05) is 0 Å². The highest BCUT2D eigenvalue weighted by Gasteiger charge is 2.14. The van der Waals surface area contributed by atoms with E-state index in [4.69, 9.17) is 5.11 Å². The van der Waals surface area contributed by atoms with E-state index in [1.165, 1.54) is 0 Å². The van der Waals surface area contributed by atoms with Crippen LogP contribution in [-0.2, 0) is 4.79 Å². The van der Waals surface area contributed by atoms with Crippen molar-refractivity contribution in [1.82, 2.24) is 0 Å². The van der Waals surface area contributed by atoms with Crippen molar-refractivity contribution in [2.24, 2.45) is 0 Å². The molecule has 0 aromatic carbocycles. The highest BCUT2D eigenvalue weighted by molar-refractivity contribution is 8.69. The molecule has 0 fully saturated rings. The van der Waals surface area contributed by atoms with Crippen molar-refractivity contribution < 1.29 is 9.90 Å². The van der Waals surface area contributed by atoms with Gasteiger partial charge in [-0.25, -0.2) is 0 Å². The van der Waals surface area contributed by atoms with Crippen molar-refractivity contribution in [3.8, 4) is 0 Å². The summed E-state index contributed by atoms with van der Waals surface area (Å²) >= 11 is 3.86. The van der Waals surface area contributed by atoms with Crippen LogP contribution in [0.15, 0.2) is 0 Å². The molecule has 0 aliphatic heterocycles. The molecule has 0 radical (unpaired) electrons. The van der Waals surface area contributed by atoms with E-state index in [0.717, 1.165) is 30.1 Å². The van der Waals surface area contributed by atoms with Gasteiger partial charge in [0.15, 0.2) is 0 Å². The fraction of sp³-hybridized carbons (Fsp3) is 0.833. The molecular formula is C6H12O2S2. The van der Waals surface area contributed by atoms with Gasteiger partial charge in [0, 0.05) is 0 Å². The van der Waals surface area contributed by atoms with Gasteiger partial charge in [0.05, 0.1) is 0 Å². The minimum absolute atomic E-state index is 0.330. The molecule has 0 spiro atoms. The van der Waals surface area contributed by atoms with Crippen molar-refractivity contribution in [2.45, 2.75) is 31.4 Å². The van der Waals surface area contributed by atoms with Gasteiger partial charge in [0.25, 0.3) is 0 Å². The van der Waals surface area contributed by atoms with E-state index in [-0.39, 0.29) is 5.25 Å². The smallest absolute Gasteiger partial charge is 0.317 e. The molecule has 0 aliphatic carbocycles. The van der Waals surface area contributed by atoms with E-state index in [0.29, 0.717) is 0 Å². The Morgan fingerprint density at radius 2 is 2.40 bits per heavy atom. The van der Waals surface area contributed by atoms with Crippen molar-refractivity contribution in [1.29, 1.82) is 0 Å². The zero-order valence-electron chi connectivity index (χ0n) is 5.91. The molecule has 1 unspecified atom stereocenters. The van der Waals surface area contributed by atoms with Gasteiger partial charge in [-0.2, -0.15) is 0 Å². The number of rotatable bonds is 5. The summed E-state index contributed by atoms with van der Waals surface area (Å²) in [6, 6.07) is 0. The molecule has 60 valence electrons. The van der Waals surface area contributed by atoms with E-state index in [9.17, 15) is 4.79 Å². The van der Waals surface area contributed by atoms with Gasteiger partial charge in [-0.15, -0.1) is 11.7 Å². The maximum absolute atomic E-state index is 10.4. The van der Waals surface area contributed by atoms with E-state index >= 15 is 0 Å². The molecule has 1 atom stereocenters. The highest BCUT2D eigenvalue weighted by atomic mass is 33.1. The lowest BCUT2D eigenvalue weighted by Crippen LogP contribution is -2.14.